The first-order valence-electron chi connectivity index (χ1n) is 5.43. The van der Waals surface area contributed by atoms with Crippen LogP contribution in [0.4, 0.5) is 0 Å². The molecule has 0 aliphatic rings. The fourth-order valence-corrected chi connectivity index (χ4v) is 4.61. The van der Waals surface area contributed by atoms with E-state index < -0.39 is 19.7 Å². The Labute approximate surface area is 112 Å². The van der Waals surface area contributed by atoms with Crippen molar-refractivity contribution < 1.29 is 16.8 Å². The van der Waals surface area contributed by atoms with Gasteiger partial charge in [0.2, 0.25) is 9.84 Å². The molecule has 0 saturated heterocycles. The van der Waals surface area contributed by atoms with Crippen molar-refractivity contribution in [3.8, 4) is 0 Å². The smallest absolute Gasteiger partial charge is 0.207 e. The zero-order chi connectivity index (χ0) is 14.1. The number of hydrogen-bond acceptors (Lipinski definition) is 4. The molecule has 0 atom stereocenters. The summed E-state index contributed by atoms with van der Waals surface area (Å²) in [6.07, 6.45) is 0.992. The van der Waals surface area contributed by atoms with Crippen molar-refractivity contribution in [2.24, 2.45) is 0 Å². The number of sulfone groups is 2. The third-order valence-electron chi connectivity index (χ3n) is 2.59. The van der Waals surface area contributed by atoms with Crippen LogP contribution in [0.1, 0.15) is 0 Å². The van der Waals surface area contributed by atoms with Crippen LogP contribution in [0.2, 0.25) is 0 Å². The molecular formula is C13H12O4S2. The van der Waals surface area contributed by atoms with E-state index in [-0.39, 0.29) is 14.7 Å². The second-order valence-electron chi connectivity index (χ2n) is 4.04. The van der Waals surface area contributed by atoms with Gasteiger partial charge in [-0.15, -0.1) is 0 Å². The van der Waals surface area contributed by atoms with Gasteiger partial charge < -0.3 is 0 Å². The van der Waals surface area contributed by atoms with Gasteiger partial charge in [0.25, 0.3) is 0 Å². The van der Waals surface area contributed by atoms with Crippen LogP contribution in [0, 0.1) is 0 Å². The van der Waals surface area contributed by atoms with E-state index in [1.807, 2.05) is 0 Å². The highest BCUT2D eigenvalue weighted by atomic mass is 32.2. The molecular weight excluding hydrogens is 284 g/mol. The first kappa shape index (κ1) is 13.8. The normalized spacial score (nSPS) is 12.3. The fourth-order valence-electron chi connectivity index (χ4n) is 1.71. The van der Waals surface area contributed by atoms with Crippen LogP contribution in [0.3, 0.4) is 0 Å². The SMILES string of the molecule is CS(=O)(=O)c1ccccc1S(=O)(=O)c1ccccc1. The number of rotatable bonds is 3. The van der Waals surface area contributed by atoms with Gasteiger partial charge in [-0.25, -0.2) is 16.8 Å². The first-order chi connectivity index (χ1) is 8.83. The molecule has 2 rings (SSSR count). The average molecular weight is 296 g/mol. The van der Waals surface area contributed by atoms with Gasteiger partial charge in [-0.2, -0.15) is 0 Å². The Morgan fingerprint density at radius 3 is 1.68 bits per heavy atom. The summed E-state index contributed by atoms with van der Waals surface area (Å²) in [5, 5.41) is 0. The maximum absolute atomic E-state index is 12.4. The minimum atomic E-state index is -3.83. The van der Waals surface area contributed by atoms with Crippen LogP contribution in [0.25, 0.3) is 0 Å². The van der Waals surface area contributed by atoms with Crippen molar-refractivity contribution >= 4 is 19.7 Å². The first-order valence-corrected chi connectivity index (χ1v) is 8.80. The Balaban J connectivity index is 2.74. The Morgan fingerprint density at radius 1 is 0.684 bits per heavy atom. The monoisotopic (exact) mass is 296 g/mol. The molecule has 19 heavy (non-hydrogen) atoms. The standard InChI is InChI=1S/C13H12O4S2/c1-18(14,15)12-9-5-6-10-13(12)19(16,17)11-7-3-2-4-8-11/h2-10H,1H3. The Kier molecular flexibility index (Phi) is 3.47. The van der Waals surface area contributed by atoms with E-state index >= 15 is 0 Å². The highest BCUT2D eigenvalue weighted by molar-refractivity contribution is 7.94. The van der Waals surface area contributed by atoms with Gasteiger partial charge in [-0.1, -0.05) is 30.3 Å². The molecule has 0 aliphatic heterocycles. The van der Waals surface area contributed by atoms with E-state index in [0.29, 0.717) is 0 Å². The zero-order valence-corrected chi connectivity index (χ0v) is 11.8. The molecule has 0 heterocycles. The van der Waals surface area contributed by atoms with Gasteiger partial charge in [-0.3, -0.25) is 0 Å². The van der Waals surface area contributed by atoms with E-state index in [9.17, 15) is 16.8 Å². The average Bonchev–Trinajstić information content (AvgIpc) is 2.39. The summed E-state index contributed by atoms with van der Waals surface area (Å²) in [4.78, 5) is -0.298. The van der Waals surface area contributed by atoms with Crippen molar-refractivity contribution in [2.75, 3.05) is 6.26 Å². The minimum absolute atomic E-state index is 0.0751. The Morgan fingerprint density at radius 2 is 1.16 bits per heavy atom. The summed E-state index contributed by atoms with van der Waals surface area (Å²) in [6, 6.07) is 13.4. The van der Waals surface area contributed by atoms with Gasteiger partial charge in [0.1, 0.15) is 0 Å². The lowest BCUT2D eigenvalue weighted by Gasteiger charge is -2.08. The van der Waals surface area contributed by atoms with E-state index in [2.05, 4.69) is 0 Å². The lowest BCUT2D eigenvalue weighted by molar-refractivity contribution is 0.585. The number of hydrogen-bond donors (Lipinski definition) is 0. The van der Waals surface area contributed by atoms with Crippen LogP contribution in [0.5, 0.6) is 0 Å². The third kappa shape index (κ3) is 2.69. The van der Waals surface area contributed by atoms with Gasteiger partial charge in [0.15, 0.2) is 9.84 Å². The predicted molar refractivity (Wildman–Crippen MR) is 71.4 cm³/mol. The van der Waals surface area contributed by atoms with E-state index in [1.165, 1.54) is 36.4 Å². The van der Waals surface area contributed by atoms with Crippen LogP contribution < -0.4 is 0 Å². The van der Waals surface area contributed by atoms with Crippen LogP contribution in [-0.2, 0) is 19.7 Å². The summed E-state index contributed by atoms with van der Waals surface area (Å²) in [5.74, 6) is 0. The molecule has 0 bridgehead atoms. The molecule has 0 aromatic heterocycles. The lowest BCUT2D eigenvalue weighted by atomic mass is 10.4. The zero-order valence-electron chi connectivity index (χ0n) is 10.1. The molecule has 4 nitrogen and oxygen atoms in total. The molecule has 0 spiro atoms. The maximum Gasteiger partial charge on any atom is 0.207 e. The molecule has 0 radical (unpaired) electrons. The third-order valence-corrected chi connectivity index (χ3v) is 5.70. The minimum Gasteiger partial charge on any atom is -0.224 e. The molecule has 0 saturated carbocycles. The summed E-state index contributed by atoms with van der Waals surface area (Å²) in [5.41, 5.74) is 0. The van der Waals surface area contributed by atoms with E-state index in [4.69, 9.17) is 0 Å². The largest absolute Gasteiger partial charge is 0.224 e. The summed E-state index contributed by atoms with van der Waals surface area (Å²) in [6.45, 7) is 0. The molecule has 6 heteroatoms. The summed E-state index contributed by atoms with van der Waals surface area (Å²) in [7, 11) is -7.44. The van der Waals surface area contributed by atoms with Crippen LogP contribution in [0.15, 0.2) is 69.3 Å². The van der Waals surface area contributed by atoms with Gasteiger partial charge >= 0.3 is 0 Å². The van der Waals surface area contributed by atoms with Gasteiger partial charge in [0, 0.05) is 6.26 Å². The second kappa shape index (κ2) is 4.79. The van der Waals surface area contributed by atoms with Gasteiger partial charge in [0.05, 0.1) is 14.7 Å². The molecule has 0 N–H and O–H groups in total. The molecule has 0 amide bonds. The molecule has 2 aromatic carbocycles. The molecule has 0 fully saturated rings. The highest BCUT2D eigenvalue weighted by Crippen LogP contribution is 2.26. The van der Waals surface area contributed by atoms with Gasteiger partial charge in [-0.05, 0) is 24.3 Å². The van der Waals surface area contributed by atoms with Crippen molar-refractivity contribution in [2.45, 2.75) is 14.7 Å². The molecule has 100 valence electrons. The maximum atomic E-state index is 12.4. The number of benzene rings is 2. The van der Waals surface area contributed by atoms with E-state index in [0.717, 1.165) is 6.26 Å². The molecule has 2 aromatic rings. The molecule has 0 aliphatic carbocycles. The fraction of sp³-hybridized carbons (Fsp3) is 0.0769. The topological polar surface area (TPSA) is 68.3 Å². The second-order valence-corrected chi connectivity index (χ2v) is 7.94. The van der Waals surface area contributed by atoms with Crippen molar-refractivity contribution in [3.05, 3.63) is 54.6 Å². The quantitative estimate of drug-likeness (QED) is 0.868. The van der Waals surface area contributed by atoms with Crippen LogP contribution in [-0.4, -0.2) is 23.1 Å². The van der Waals surface area contributed by atoms with Crippen molar-refractivity contribution in [1.82, 2.24) is 0 Å². The summed E-state index contributed by atoms with van der Waals surface area (Å²) < 4.78 is 48.2. The lowest BCUT2D eigenvalue weighted by Crippen LogP contribution is -2.09. The molecule has 0 unspecified atom stereocenters. The Bertz CT molecular complexity index is 792. The Hall–Kier alpha value is -1.66. The van der Waals surface area contributed by atoms with Crippen molar-refractivity contribution in [1.29, 1.82) is 0 Å². The highest BCUT2D eigenvalue weighted by Gasteiger charge is 2.24. The van der Waals surface area contributed by atoms with E-state index in [1.54, 1.807) is 18.2 Å². The summed E-state index contributed by atoms with van der Waals surface area (Å²) >= 11 is 0. The van der Waals surface area contributed by atoms with Crippen molar-refractivity contribution in [3.63, 3.8) is 0 Å². The predicted octanol–water partition coefficient (Wildman–Crippen LogP) is 1.92. The van der Waals surface area contributed by atoms with Crippen LogP contribution >= 0.6 is 0 Å².